The van der Waals surface area contributed by atoms with Crippen molar-refractivity contribution in [3.63, 3.8) is 0 Å². The van der Waals surface area contributed by atoms with Gasteiger partial charge in [0.1, 0.15) is 11.5 Å². The van der Waals surface area contributed by atoms with Crippen molar-refractivity contribution in [1.29, 1.82) is 0 Å². The summed E-state index contributed by atoms with van der Waals surface area (Å²) in [4.78, 5) is 24.0. The van der Waals surface area contributed by atoms with Crippen LogP contribution in [0.1, 0.15) is 22.6 Å². The summed E-state index contributed by atoms with van der Waals surface area (Å²) in [5.41, 5.74) is 3.65. The third kappa shape index (κ3) is 6.70. The Bertz CT molecular complexity index is 1130. The lowest BCUT2D eigenvalue weighted by Crippen LogP contribution is -2.07. The van der Waals surface area contributed by atoms with E-state index < -0.39 is 0 Å². The van der Waals surface area contributed by atoms with Crippen molar-refractivity contribution in [3.8, 4) is 0 Å². The number of rotatable bonds is 8. The Labute approximate surface area is 191 Å². The number of amides is 2. The summed E-state index contributed by atoms with van der Waals surface area (Å²) in [6.07, 6.45) is 9.94. The summed E-state index contributed by atoms with van der Waals surface area (Å²) in [7, 11) is 0. The Hall–Kier alpha value is -4.58. The number of carbonyl (C=O) groups is 2. The standard InChI is InChI=1S/C27H22N2O4/c30-26(15-13-24-3-1-17-32-24)28-22-9-5-20(6-10-22)19-21-7-11-23(12-8-21)29-27(31)16-14-25-4-2-18-33-25/h1-18H,19H2,(H,28,30)(H,29,31)/b15-13+,16-14+. The van der Waals surface area contributed by atoms with Crippen LogP contribution >= 0.6 is 0 Å². The molecule has 0 unspecified atom stereocenters. The average Bonchev–Trinajstić information content (AvgIpc) is 3.53. The minimum atomic E-state index is -0.226. The first-order valence-corrected chi connectivity index (χ1v) is 10.4. The summed E-state index contributed by atoms with van der Waals surface area (Å²) in [6, 6.07) is 22.5. The number of hydrogen-bond acceptors (Lipinski definition) is 4. The third-order valence-corrected chi connectivity index (χ3v) is 4.74. The zero-order chi connectivity index (χ0) is 22.9. The maximum Gasteiger partial charge on any atom is 0.248 e. The molecule has 164 valence electrons. The van der Waals surface area contributed by atoms with Gasteiger partial charge in [-0.05, 0) is 78.2 Å². The third-order valence-electron chi connectivity index (χ3n) is 4.74. The van der Waals surface area contributed by atoms with Crippen molar-refractivity contribution >= 4 is 35.3 Å². The number of anilines is 2. The highest BCUT2D eigenvalue weighted by atomic mass is 16.3. The van der Waals surface area contributed by atoms with E-state index in [2.05, 4.69) is 10.6 Å². The van der Waals surface area contributed by atoms with E-state index in [4.69, 9.17) is 8.83 Å². The first kappa shape index (κ1) is 21.6. The molecule has 0 fully saturated rings. The van der Waals surface area contributed by atoms with Gasteiger partial charge in [0, 0.05) is 23.5 Å². The van der Waals surface area contributed by atoms with E-state index in [1.807, 2.05) is 48.5 Å². The van der Waals surface area contributed by atoms with Crippen molar-refractivity contribution in [2.75, 3.05) is 10.6 Å². The van der Waals surface area contributed by atoms with Gasteiger partial charge in [-0.15, -0.1) is 0 Å². The largest absolute Gasteiger partial charge is 0.465 e. The number of carbonyl (C=O) groups excluding carboxylic acids is 2. The predicted octanol–water partition coefficient (Wildman–Crippen LogP) is 5.77. The Morgan fingerprint density at radius 3 is 1.42 bits per heavy atom. The molecule has 4 rings (SSSR count). The first-order chi connectivity index (χ1) is 16.1. The van der Waals surface area contributed by atoms with Crippen LogP contribution in [-0.4, -0.2) is 11.8 Å². The van der Waals surface area contributed by atoms with E-state index in [-0.39, 0.29) is 11.8 Å². The second-order valence-electron chi connectivity index (χ2n) is 7.25. The SMILES string of the molecule is O=C(/C=C/c1ccco1)Nc1ccc(Cc2ccc(NC(=O)/C=C/c3ccco3)cc2)cc1. The minimum Gasteiger partial charge on any atom is -0.465 e. The second kappa shape index (κ2) is 10.6. The quantitative estimate of drug-likeness (QED) is 0.342. The number of benzene rings is 2. The topological polar surface area (TPSA) is 84.5 Å². The molecule has 2 amide bonds. The molecule has 2 heterocycles. The van der Waals surface area contributed by atoms with Gasteiger partial charge < -0.3 is 19.5 Å². The lowest BCUT2D eigenvalue weighted by Gasteiger charge is -2.07. The zero-order valence-electron chi connectivity index (χ0n) is 17.7. The summed E-state index contributed by atoms with van der Waals surface area (Å²) in [5, 5.41) is 5.64. The fraction of sp³-hybridized carbons (Fsp3) is 0.0370. The number of furan rings is 2. The zero-order valence-corrected chi connectivity index (χ0v) is 17.7. The highest BCUT2D eigenvalue weighted by Gasteiger charge is 2.02. The highest BCUT2D eigenvalue weighted by Crippen LogP contribution is 2.16. The van der Waals surface area contributed by atoms with E-state index in [1.54, 1.807) is 48.9 Å². The highest BCUT2D eigenvalue weighted by molar-refractivity contribution is 6.02. The fourth-order valence-corrected chi connectivity index (χ4v) is 3.10. The average molecular weight is 438 g/mol. The van der Waals surface area contributed by atoms with Gasteiger partial charge in [0.2, 0.25) is 11.8 Å². The lowest BCUT2D eigenvalue weighted by molar-refractivity contribution is -0.112. The van der Waals surface area contributed by atoms with Gasteiger partial charge in [0.15, 0.2) is 0 Å². The van der Waals surface area contributed by atoms with Crippen molar-refractivity contribution < 1.29 is 18.4 Å². The fourth-order valence-electron chi connectivity index (χ4n) is 3.10. The van der Waals surface area contributed by atoms with E-state index in [0.29, 0.717) is 22.9 Å². The Kier molecular flexibility index (Phi) is 6.98. The monoisotopic (exact) mass is 438 g/mol. The van der Waals surface area contributed by atoms with Crippen molar-refractivity contribution in [2.24, 2.45) is 0 Å². The van der Waals surface area contributed by atoms with Crippen LogP contribution in [0.2, 0.25) is 0 Å². The van der Waals surface area contributed by atoms with Crippen LogP contribution in [-0.2, 0) is 16.0 Å². The first-order valence-electron chi connectivity index (χ1n) is 10.4. The molecular formula is C27H22N2O4. The molecule has 2 N–H and O–H groups in total. The van der Waals surface area contributed by atoms with Crippen LogP contribution in [0.4, 0.5) is 11.4 Å². The van der Waals surface area contributed by atoms with E-state index in [0.717, 1.165) is 17.5 Å². The Balaban J connectivity index is 1.27. The molecule has 0 aliphatic carbocycles. The molecule has 2 aromatic carbocycles. The van der Waals surface area contributed by atoms with Crippen molar-refractivity contribution in [3.05, 3.63) is 120 Å². The van der Waals surface area contributed by atoms with Gasteiger partial charge >= 0.3 is 0 Å². The predicted molar refractivity (Wildman–Crippen MR) is 128 cm³/mol. The van der Waals surface area contributed by atoms with Gasteiger partial charge in [-0.1, -0.05) is 24.3 Å². The molecule has 6 nitrogen and oxygen atoms in total. The molecule has 6 heteroatoms. The van der Waals surface area contributed by atoms with E-state index in [9.17, 15) is 9.59 Å². The number of nitrogens with one attached hydrogen (secondary N) is 2. The molecule has 2 aromatic heterocycles. The van der Waals surface area contributed by atoms with Gasteiger partial charge in [0.25, 0.3) is 0 Å². The maximum atomic E-state index is 12.0. The molecule has 0 radical (unpaired) electrons. The molecule has 0 spiro atoms. The van der Waals surface area contributed by atoms with Crippen LogP contribution < -0.4 is 10.6 Å². The van der Waals surface area contributed by atoms with Crippen LogP contribution in [0, 0.1) is 0 Å². The summed E-state index contributed by atoms with van der Waals surface area (Å²) < 4.78 is 10.3. The summed E-state index contributed by atoms with van der Waals surface area (Å²) >= 11 is 0. The van der Waals surface area contributed by atoms with Crippen LogP contribution in [0.15, 0.2) is 106 Å². The molecule has 0 atom stereocenters. The molecule has 0 saturated heterocycles. The Morgan fingerprint density at radius 2 is 1.06 bits per heavy atom. The Morgan fingerprint density at radius 1 is 0.636 bits per heavy atom. The number of hydrogen-bond donors (Lipinski definition) is 2. The molecular weight excluding hydrogens is 416 g/mol. The molecule has 0 saturated carbocycles. The molecule has 0 aliphatic heterocycles. The maximum absolute atomic E-state index is 12.0. The van der Waals surface area contributed by atoms with Crippen LogP contribution in [0.3, 0.4) is 0 Å². The lowest BCUT2D eigenvalue weighted by atomic mass is 10.0. The summed E-state index contributed by atoms with van der Waals surface area (Å²) in [5.74, 6) is 0.791. The van der Waals surface area contributed by atoms with E-state index in [1.165, 1.54) is 12.2 Å². The van der Waals surface area contributed by atoms with Crippen molar-refractivity contribution in [1.82, 2.24) is 0 Å². The van der Waals surface area contributed by atoms with Crippen LogP contribution in [0.5, 0.6) is 0 Å². The van der Waals surface area contributed by atoms with Gasteiger partial charge in [-0.3, -0.25) is 9.59 Å². The molecule has 4 aromatic rings. The summed E-state index contributed by atoms with van der Waals surface area (Å²) in [6.45, 7) is 0. The van der Waals surface area contributed by atoms with Crippen LogP contribution in [0.25, 0.3) is 12.2 Å². The smallest absolute Gasteiger partial charge is 0.248 e. The van der Waals surface area contributed by atoms with Crippen molar-refractivity contribution in [2.45, 2.75) is 6.42 Å². The van der Waals surface area contributed by atoms with E-state index >= 15 is 0 Å². The molecule has 0 bridgehead atoms. The van der Waals surface area contributed by atoms with Gasteiger partial charge in [-0.25, -0.2) is 0 Å². The normalized spacial score (nSPS) is 11.2. The van der Waals surface area contributed by atoms with Gasteiger partial charge in [-0.2, -0.15) is 0 Å². The van der Waals surface area contributed by atoms with Gasteiger partial charge in [0.05, 0.1) is 12.5 Å². The second-order valence-corrected chi connectivity index (χ2v) is 7.25. The molecule has 0 aliphatic rings. The minimum absolute atomic E-state index is 0.226. The molecule has 33 heavy (non-hydrogen) atoms.